The lowest BCUT2D eigenvalue weighted by Crippen LogP contribution is -2.47. The highest BCUT2D eigenvalue weighted by Gasteiger charge is 2.46. The van der Waals surface area contributed by atoms with Gasteiger partial charge in [-0.2, -0.15) is 13.5 Å². The van der Waals surface area contributed by atoms with Crippen LogP contribution in [0.2, 0.25) is 0 Å². The van der Waals surface area contributed by atoms with E-state index in [0.29, 0.717) is 5.69 Å². The molecular formula is C23H22N4O4S. The molecule has 0 bridgehead atoms. The number of nitrogens with one attached hydrogen (secondary N) is 1. The first-order chi connectivity index (χ1) is 15.4. The quantitative estimate of drug-likeness (QED) is 0.658. The van der Waals surface area contributed by atoms with Gasteiger partial charge in [-0.05, 0) is 37.5 Å². The first-order valence-electron chi connectivity index (χ1n) is 10.4. The highest BCUT2D eigenvalue weighted by Crippen LogP contribution is 2.40. The maximum atomic E-state index is 13.6. The van der Waals surface area contributed by atoms with E-state index in [-0.39, 0.29) is 28.7 Å². The fraction of sp³-hybridized carbons (Fsp3) is 0.261. The Morgan fingerprint density at radius 2 is 1.78 bits per heavy atom. The number of aryl methyl sites for hydroxylation is 1. The molecule has 1 unspecified atom stereocenters. The van der Waals surface area contributed by atoms with E-state index in [2.05, 4.69) is 10.4 Å². The van der Waals surface area contributed by atoms with Gasteiger partial charge in [0.2, 0.25) is 5.91 Å². The van der Waals surface area contributed by atoms with E-state index in [1.807, 2.05) is 30.3 Å². The van der Waals surface area contributed by atoms with Crippen LogP contribution in [0.3, 0.4) is 0 Å². The average Bonchev–Trinajstić information content (AvgIpc) is 3.55. The Labute approximate surface area is 185 Å². The minimum atomic E-state index is -4.16. The van der Waals surface area contributed by atoms with Crippen molar-refractivity contribution in [3.63, 3.8) is 0 Å². The molecule has 32 heavy (non-hydrogen) atoms. The molecule has 1 aliphatic heterocycles. The number of hydrogen-bond donors (Lipinski definition) is 1. The van der Waals surface area contributed by atoms with Crippen molar-refractivity contribution in [3.8, 4) is 0 Å². The number of benzene rings is 2. The number of nitrogens with zero attached hydrogens (tertiary/aromatic N) is 3. The second kappa shape index (κ2) is 7.59. The van der Waals surface area contributed by atoms with Gasteiger partial charge in [-0.1, -0.05) is 48.5 Å². The first-order valence-corrected chi connectivity index (χ1v) is 11.9. The lowest BCUT2D eigenvalue weighted by Gasteiger charge is -2.34. The SMILES string of the molecule is Cc1cc2n(n1)S(=O)(=O)c1ccccc1C(C(=O)NCc1ccccc1)N(C1CC1)C2=O. The predicted octanol–water partition coefficient (Wildman–Crippen LogP) is 2.40. The summed E-state index contributed by atoms with van der Waals surface area (Å²) in [6, 6.07) is 16.0. The largest absolute Gasteiger partial charge is 0.350 e. The summed E-state index contributed by atoms with van der Waals surface area (Å²) in [6.07, 6.45) is 1.52. The van der Waals surface area contributed by atoms with Crippen LogP contribution in [0.1, 0.15) is 46.2 Å². The average molecular weight is 451 g/mol. The van der Waals surface area contributed by atoms with Gasteiger partial charge in [-0.25, -0.2) is 0 Å². The summed E-state index contributed by atoms with van der Waals surface area (Å²) in [5.41, 5.74) is 1.55. The van der Waals surface area contributed by atoms with E-state index in [0.717, 1.165) is 22.5 Å². The number of fused-ring (bicyclic) bond motifs is 2. The molecule has 2 aliphatic rings. The maximum Gasteiger partial charge on any atom is 0.284 e. The molecule has 1 aromatic heterocycles. The van der Waals surface area contributed by atoms with Crippen LogP contribution >= 0.6 is 0 Å². The number of aromatic nitrogens is 2. The van der Waals surface area contributed by atoms with Gasteiger partial charge < -0.3 is 10.2 Å². The third-order valence-corrected chi connectivity index (χ3v) is 7.41. The monoisotopic (exact) mass is 450 g/mol. The summed E-state index contributed by atoms with van der Waals surface area (Å²) in [6.45, 7) is 1.91. The summed E-state index contributed by atoms with van der Waals surface area (Å²) in [5, 5.41) is 6.99. The Morgan fingerprint density at radius 1 is 1.09 bits per heavy atom. The van der Waals surface area contributed by atoms with Crippen LogP contribution < -0.4 is 5.32 Å². The molecular weight excluding hydrogens is 428 g/mol. The van der Waals surface area contributed by atoms with Crippen molar-refractivity contribution in [2.24, 2.45) is 0 Å². The minimum absolute atomic E-state index is 0.0256. The van der Waals surface area contributed by atoms with Crippen molar-refractivity contribution in [2.45, 2.75) is 43.3 Å². The van der Waals surface area contributed by atoms with Crippen molar-refractivity contribution in [1.29, 1.82) is 0 Å². The third-order valence-electron chi connectivity index (χ3n) is 5.75. The van der Waals surface area contributed by atoms with Crippen molar-refractivity contribution >= 4 is 21.8 Å². The summed E-state index contributed by atoms with van der Waals surface area (Å²) in [4.78, 5) is 28.6. The van der Waals surface area contributed by atoms with Crippen molar-refractivity contribution < 1.29 is 18.0 Å². The van der Waals surface area contributed by atoms with Crippen molar-refractivity contribution in [3.05, 3.63) is 83.2 Å². The van der Waals surface area contributed by atoms with Gasteiger partial charge in [-0.3, -0.25) is 9.59 Å². The Bertz CT molecular complexity index is 1310. The molecule has 0 spiro atoms. The van der Waals surface area contributed by atoms with Gasteiger partial charge >= 0.3 is 0 Å². The number of carbonyl (C=O) groups excluding carboxylic acids is 2. The first kappa shape index (κ1) is 20.4. The molecule has 0 radical (unpaired) electrons. The molecule has 0 saturated heterocycles. The summed E-state index contributed by atoms with van der Waals surface area (Å²) in [5.74, 6) is -0.924. The second-order valence-electron chi connectivity index (χ2n) is 8.11. The van der Waals surface area contributed by atoms with Gasteiger partial charge in [-0.15, -0.1) is 4.09 Å². The molecule has 1 aliphatic carbocycles. The Morgan fingerprint density at radius 3 is 2.50 bits per heavy atom. The minimum Gasteiger partial charge on any atom is -0.350 e. The fourth-order valence-electron chi connectivity index (χ4n) is 4.12. The summed E-state index contributed by atoms with van der Waals surface area (Å²) >= 11 is 0. The normalized spacial score (nSPS) is 19.5. The molecule has 5 rings (SSSR count). The molecule has 9 heteroatoms. The zero-order valence-corrected chi connectivity index (χ0v) is 18.2. The molecule has 2 aromatic carbocycles. The second-order valence-corrected chi connectivity index (χ2v) is 9.84. The van der Waals surface area contributed by atoms with E-state index in [9.17, 15) is 18.0 Å². The zero-order chi connectivity index (χ0) is 22.5. The number of amides is 2. The van der Waals surface area contributed by atoms with E-state index in [1.165, 1.54) is 17.0 Å². The van der Waals surface area contributed by atoms with E-state index < -0.39 is 27.9 Å². The molecule has 2 amide bonds. The van der Waals surface area contributed by atoms with E-state index >= 15 is 0 Å². The molecule has 1 saturated carbocycles. The Hall–Kier alpha value is -3.46. The van der Waals surface area contributed by atoms with Crippen molar-refractivity contribution in [2.75, 3.05) is 0 Å². The van der Waals surface area contributed by atoms with Crippen LogP contribution in [0.15, 0.2) is 65.6 Å². The third kappa shape index (κ3) is 3.38. The topological polar surface area (TPSA) is 101 Å². The molecule has 164 valence electrons. The van der Waals surface area contributed by atoms with Crippen LogP contribution in [-0.2, 0) is 21.4 Å². The van der Waals surface area contributed by atoms with Gasteiger partial charge in [0.05, 0.1) is 10.6 Å². The highest BCUT2D eigenvalue weighted by atomic mass is 32.2. The number of rotatable bonds is 4. The predicted molar refractivity (Wildman–Crippen MR) is 116 cm³/mol. The van der Waals surface area contributed by atoms with Gasteiger partial charge in [0, 0.05) is 18.2 Å². The zero-order valence-electron chi connectivity index (χ0n) is 17.4. The Kier molecular flexibility index (Phi) is 4.85. The highest BCUT2D eigenvalue weighted by molar-refractivity contribution is 7.90. The fourth-order valence-corrected chi connectivity index (χ4v) is 5.66. The van der Waals surface area contributed by atoms with Crippen LogP contribution in [0, 0.1) is 6.92 Å². The standard InChI is InChI=1S/C23H22N4O4S/c1-15-13-19-23(29)26(17-11-12-17)21(22(28)24-14-16-7-3-2-4-8-16)18-9-5-6-10-20(18)32(30,31)27(19)25-15/h2-10,13,17,21H,11-12,14H2,1H3,(H,24,28). The van der Waals surface area contributed by atoms with Gasteiger partial charge in [0.25, 0.3) is 15.9 Å². The molecule has 1 atom stereocenters. The van der Waals surface area contributed by atoms with E-state index in [1.54, 1.807) is 25.1 Å². The van der Waals surface area contributed by atoms with Gasteiger partial charge in [0.1, 0.15) is 11.7 Å². The number of hydrogen-bond acceptors (Lipinski definition) is 5. The Balaban J connectivity index is 1.65. The lowest BCUT2D eigenvalue weighted by atomic mass is 10.0. The number of carbonyl (C=O) groups is 2. The van der Waals surface area contributed by atoms with Gasteiger partial charge in [0.15, 0.2) is 0 Å². The molecule has 2 heterocycles. The maximum absolute atomic E-state index is 13.6. The molecule has 3 aromatic rings. The summed E-state index contributed by atoms with van der Waals surface area (Å²) < 4.78 is 27.7. The van der Waals surface area contributed by atoms with Crippen LogP contribution in [-0.4, -0.2) is 40.4 Å². The van der Waals surface area contributed by atoms with Crippen molar-refractivity contribution in [1.82, 2.24) is 19.4 Å². The van der Waals surface area contributed by atoms with Crippen LogP contribution in [0.4, 0.5) is 0 Å². The molecule has 1 fully saturated rings. The van der Waals surface area contributed by atoms with E-state index in [4.69, 9.17) is 0 Å². The summed E-state index contributed by atoms with van der Waals surface area (Å²) in [7, 11) is -4.16. The van der Waals surface area contributed by atoms with Crippen LogP contribution in [0.5, 0.6) is 0 Å². The lowest BCUT2D eigenvalue weighted by molar-refractivity contribution is -0.126. The molecule has 1 N–H and O–H groups in total. The smallest absolute Gasteiger partial charge is 0.284 e. The van der Waals surface area contributed by atoms with Crippen LogP contribution in [0.25, 0.3) is 0 Å². The molecule has 8 nitrogen and oxygen atoms in total.